The maximum absolute atomic E-state index is 4.61. The lowest BCUT2D eigenvalue weighted by molar-refractivity contribution is 0.431. The predicted molar refractivity (Wildman–Crippen MR) is 96.0 cm³/mol. The van der Waals surface area contributed by atoms with Crippen LogP contribution in [0.1, 0.15) is 43.7 Å². The lowest BCUT2D eigenvalue weighted by Gasteiger charge is -2.24. The van der Waals surface area contributed by atoms with E-state index in [2.05, 4.69) is 45.1 Å². The first-order chi connectivity index (χ1) is 11.4. The standard InChI is InChI=1S/C19H21N3S/c1-23-16-9-7-14(8-10-16)17-13-20-18-11-12-21-22(18)19(17)15-5-3-2-4-6-15/h7-13,15H,2-6H2,1H3. The molecule has 4 rings (SSSR count). The van der Waals surface area contributed by atoms with Crippen LogP contribution in [-0.4, -0.2) is 20.9 Å². The van der Waals surface area contributed by atoms with Gasteiger partial charge in [0.05, 0.1) is 11.9 Å². The SMILES string of the molecule is CSc1ccc(-c2cnc3ccnn3c2C2CCCCC2)cc1. The van der Waals surface area contributed by atoms with Crippen molar-refractivity contribution in [3.63, 3.8) is 0 Å². The molecule has 0 saturated heterocycles. The summed E-state index contributed by atoms with van der Waals surface area (Å²) in [6, 6.07) is 10.8. The van der Waals surface area contributed by atoms with Crippen LogP contribution in [-0.2, 0) is 0 Å². The largest absolute Gasteiger partial charge is 0.236 e. The number of rotatable bonds is 3. The summed E-state index contributed by atoms with van der Waals surface area (Å²) >= 11 is 1.78. The highest BCUT2D eigenvalue weighted by atomic mass is 32.2. The number of hydrogen-bond donors (Lipinski definition) is 0. The Morgan fingerprint density at radius 2 is 1.83 bits per heavy atom. The Balaban J connectivity index is 1.87. The number of benzene rings is 1. The van der Waals surface area contributed by atoms with Crippen molar-refractivity contribution < 1.29 is 0 Å². The van der Waals surface area contributed by atoms with Crippen LogP contribution < -0.4 is 0 Å². The van der Waals surface area contributed by atoms with E-state index >= 15 is 0 Å². The van der Waals surface area contributed by atoms with E-state index in [4.69, 9.17) is 0 Å². The molecule has 3 aromatic rings. The van der Waals surface area contributed by atoms with Crippen molar-refractivity contribution in [3.05, 3.63) is 48.4 Å². The molecule has 0 N–H and O–H groups in total. The minimum Gasteiger partial charge on any atom is -0.236 e. The van der Waals surface area contributed by atoms with Gasteiger partial charge < -0.3 is 0 Å². The lowest BCUT2D eigenvalue weighted by atomic mass is 9.84. The smallest absolute Gasteiger partial charge is 0.155 e. The number of aromatic nitrogens is 3. The summed E-state index contributed by atoms with van der Waals surface area (Å²) in [5.41, 5.74) is 4.78. The second kappa shape index (κ2) is 6.36. The summed E-state index contributed by atoms with van der Waals surface area (Å²) < 4.78 is 2.06. The van der Waals surface area contributed by atoms with Crippen molar-refractivity contribution >= 4 is 17.4 Å². The van der Waals surface area contributed by atoms with Gasteiger partial charge in [0.2, 0.25) is 0 Å². The molecular formula is C19H21N3S. The molecule has 1 aromatic carbocycles. The molecule has 0 unspecified atom stereocenters. The van der Waals surface area contributed by atoms with Gasteiger partial charge in [0, 0.05) is 28.6 Å². The molecular weight excluding hydrogens is 302 g/mol. The summed E-state index contributed by atoms with van der Waals surface area (Å²) in [6.45, 7) is 0. The van der Waals surface area contributed by atoms with Crippen LogP contribution in [0, 0.1) is 0 Å². The highest BCUT2D eigenvalue weighted by molar-refractivity contribution is 7.98. The topological polar surface area (TPSA) is 30.2 Å². The van der Waals surface area contributed by atoms with Gasteiger partial charge in [0.15, 0.2) is 5.65 Å². The first kappa shape index (κ1) is 14.8. The minimum absolute atomic E-state index is 0.587. The summed E-state index contributed by atoms with van der Waals surface area (Å²) in [6.07, 6.45) is 12.5. The predicted octanol–water partition coefficient (Wildman–Crippen LogP) is 5.17. The van der Waals surface area contributed by atoms with Gasteiger partial charge in [-0.3, -0.25) is 0 Å². The number of hydrogen-bond acceptors (Lipinski definition) is 3. The minimum atomic E-state index is 0.587. The molecule has 0 spiro atoms. The highest BCUT2D eigenvalue weighted by Crippen LogP contribution is 2.38. The first-order valence-electron chi connectivity index (χ1n) is 8.34. The Kier molecular flexibility index (Phi) is 4.08. The Labute approximate surface area is 141 Å². The second-order valence-electron chi connectivity index (χ2n) is 6.22. The van der Waals surface area contributed by atoms with Crippen LogP contribution in [0.25, 0.3) is 16.8 Å². The van der Waals surface area contributed by atoms with E-state index in [1.807, 2.05) is 18.5 Å². The maximum Gasteiger partial charge on any atom is 0.155 e. The zero-order valence-corrected chi connectivity index (χ0v) is 14.2. The quantitative estimate of drug-likeness (QED) is 0.623. The van der Waals surface area contributed by atoms with Gasteiger partial charge in [-0.15, -0.1) is 11.8 Å². The Morgan fingerprint density at radius 1 is 1.04 bits per heavy atom. The van der Waals surface area contributed by atoms with Crippen LogP contribution in [0.5, 0.6) is 0 Å². The zero-order valence-electron chi connectivity index (χ0n) is 13.4. The molecule has 2 aromatic heterocycles. The third-order valence-electron chi connectivity index (χ3n) is 4.85. The fourth-order valence-corrected chi connectivity index (χ4v) is 4.06. The summed E-state index contributed by atoms with van der Waals surface area (Å²) in [5.74, 6) is 0.587. The zero-order chi connectivity index (χ0) is 15.6. The number of fused-ring (bicyclic) bond motifs is 1. The first-order valence-corrected chi connectivity index (χ1v) is 9.56. The van der Waals surface area contributed by atoms with E-state index in [0.717, 1.165) is 5.65 Å². The van der Waals surface area contributed by atoms with Crippen LogP contribution >= 0.6 is 11.8 Å². The number of thioether (sulfide) groups is 1. The fraction of sp³-hybridized carbons (Fsp3) is 0.368. The number of nitrogens with zero attached hydrogens (tertiary/aromatic N) is 3. The van der Waals surface area contributed by atoms with E-state index < -0.39 is 0 Å². The Morgan fingerprint density at radius 3 is 2.57 bits per heavy atom. The van der Waals surface area contributed by atoms with E-state index in [1.165, 1.54) is 53.8 Å². The lowest BCUT2D eigenvalue weighted by Crippen LogP contribution is -2.12. The van der Waals surface area contributed by atoms with Crippen molar-refractivity contribution in [3.8, 4) is 11.1 Å². The molecule has 0 aliphatic heterocycles. The Hall–Kier alpha value is -1.81. The van der Waals surface area contributed by atoms with Crippen molar-refractivity contribution in [1.82, 2.24) is 14.6 Å². The summed E-state index contributed by atoms with van der Waals surface area (Å²) in [4.78, 5) is 5.90. The molecule has 3 nitrogen and oxygen atoms in total. The van der Waals surface area contributed by atoms with E-state index in [9.17, 15) is 0 Å². The average Bonchev–Trinajstić information content (AvgIpc) is 3.10. The van der Waals surface area contributed by atoms with Gasteiger partial charge in [0.1, 0.15) is 0 Å². The van der Waals surface area contributed by atoms with Crippen LogP contribution in [0.15, 0.2) is 47.6 Å². The van der Waals surface area contributed by atoms with Gasteiger partial charge in [-0.2, -0.15) is 5.10 Å². The molecule has 0 atom stereocenters. The maximum atomic E-state index is 4.61. The molecule has 0 radical (unpaired) electrons. The third-order valence-corrected chi connectivity index (χ3v) is 5.59. The van der Waals surface area contributed by atoms with Crippen molar-refractivity contribution in [2.75, 3.05) is 6.26 Å². The Bertz CT molecular complexity index is 801. The van der Waals surface area contributed by atoms with Crippen molar-refractivity contribution in [2.24, 2.45) is 0 Å². The third kappa shape index (κ3) is 2.76. The normalized spacial score (nSPS) is 16.0. The molecule has 2 heterocycles. The van der Waals surface area contributed by atoms with Gasteiger partial charge in [0.25, 0.3) is 0 Å². The molecule has 0 bridgehead atoms. The molecule has 118 valence electrons. The molecule has 1 aliphatic carbocycles. The molecule has 1 fully saturated rings. The van der Waals surface area contributed by atoms with Gasteiger partial charge in [-0.25, -0.2) is 9.50 Å². The van der Waals surface area contributed by atoms with Gasteiger partial charge in [-0.05, 0) is 36.8 Å². The van der Waals surface area contributed by atoms with E-state index in [1.54, 1.807) is 11.8 Å². The van der Waals surface area contributed by atoms with Crippen LogP contribution in [0.2, 0.25) is 0 Å². The summed E-state index contributed by atoms with van der Waals surface area (Å²) in [5, 5.41) is 4.56. The molecule has 1 aliphatic rings. The molecule has 4 heteroatoms. The van der Waals surface area contributed by atoms with Crippen molar-refractivity contribution in [2.45, 2.75) is 42.9 Å². The molecule has 23 heavy (non-hydrogen) atoms. The monoisotopic (exact) mass is 323 g/mol. The van der Waals surface area contributed by atoms with Crippen LogP contribution in [0.3, 0.4) is 0 Å². The van der Waals surface area contributed by atoms with E-state index in [0.29, 0.717) is 5.92 Å². The van der Waals surface area contributed by atoms with Crippen molar-refractivity contribution in [1.29, 1.82) is 0 Å². The van der Waals surface area contributed by atoms with Crippen LogP contribution in [0.4, 0.5) is 0 Å². The molecule has 0 amide bonds. The van der Waals surface area contributed by atoms with Gasteiger partial charge >= 0.3 is 0 Å². The summed E-state index contributed by atoms with van der Waals surface area (Å²) in [7, 11) is 0. The molecule has 1 saturated carbocycles. The fourth-order valence-electron chi connectivity index (χ4n) is 3.65. The van der Waals surface area contributed by atoms with Gasteiger partial charge in [-0.1, -0.05) is 31.4 Å². The second-order valence-corrected chi connectivity index (χ2v) is 7.10. The van der Waals surface area contributed by atoms with E-state index in [-0.39, 0.29) is 0 Å². The highest BCUT2D eigenvalue weighted by Gasteiger charge is 2.23. The average molecular weight is 323 g/mol.